The first-order valence-electron chi connectivity index (χ1n) is 6.74. The Labute approximate surface area is 125 Å². The van der Waals surface area contributed by atoms with Crippen molar-refractivity contribution in [2.45, 2.75) is 31.3 Å². The molecule has 0 amide bonds. The number of sulfonamides is 1. The lowest BCUT2D eigenvalue weighted by molar-refractivity contribution is 0.444. The highest BCUT2D eigenvalue weighted by atomic mass is 32.2. The minimum atomic E-state index is -3.41. The van der Waals surface area contributed by atoms with Gasteiger partial charge in [0.25, 0.3) is 0 Å². The molecular formula is C15H20N2O3S. The molecule has 1 atom stereocenters. The van der Waals surface area contributed by atoms with Crippen molar-refractivity contribution >= 4 is 10.0 Å². The molecule has 0 fully saturated rings. The van der Waals surface area contributed by atoms with Crippen molar-refractivity contribution in [1.82, 2.24) is 10.0 Å². The average molecular weight is 308 g/mol. The van der Waals surface area contributed by atoms with Gasteiger partial charge in [0.1, 0.15) is 11.5 Å². The predicted octanol–water partition coefficient (Wildman–Crippen LogP) is 2.35. The normalized spacial score (nSPS) is 13.3. The number of nitrogens with one attached hydrogen (secondary N) is 2. The number of rotatable bonds is 6. The van der Waals surface area contributed by atoms with Crippen LogP contribution >= 0.6 is 0 Å². The summed E-state index contributed by atoms with van der Waals surface area (Å²) in [7, 11) is -2.01. The molecular weight excluding hydrogens is 288 g/mol. The fraction of sp³-hybridized carbons (Fsp3) is 0.333. The van der Waals surface area contributed by atoms with E-state index in [0.29, 0.717) is 6.54 Å². The summed E-state index contributed by atoms with van der Waals surface area (Å²) < 4.78 is 31.4. The van der Waals surface area contributed by atoms with E-state index in [1.54, 1.807) is 18.2 Å². The molecule has 21 heavy (non-hydrogen) atoms. The third-order valence-corrected chi connectivity index (χ3v) is 4.73. The summed E-state index contributed by atoms with van der Waals surface area (Å²) >= 11 is 0. The molecule has 0 unspecified atom stereocenters. The topological polar surface area (TPSA) is 71.3 Å². The Balaban J connectivity index is 2.09. The predicted molar refractivity (Wildman–Crippen MR) is 81.4 cm³/mol. The highest BCUT2D eigenvalue weighted by molar-refractivity contribution is 7.89. The molecule has 114 valence electrons. The van der Waals surface area contributed by atoms with Crippen LogP contribution in [0.4, 0.5) is 0 Å². The van der Waals surface area contributed by atoms with Crippen molar-refractivity contribution in [3.05, 3.63) is 53.5 Å². The Morgan fingerprint density at radius 3 is 2.62 bits per heavy atom. The van der Waals surface area contributed by atoms with Crippen LogP contribution in [0.15, 0.2) is 45.7 Å². The van der Waals surface area contributed by atoms with E-state index in [1.807, 2.05) is 32.0 Å². The molecule has 0 aliphatic heterocycles. The van der Waals surface area contributed by atoms with Crippen LogP contribution in [-0.4, -0.2) is 15.5 Å². The standard InChI is InChI=1S/C15H20N2O3S/c1-11-7-8-14(20-11)10-17-12(2)13-5-4-6-15(9-13)21(18,19)16-3/h4-9,12,16-17H,10H2,1-3H3/t12-/m1/s1. The lowest BCUT2D eigenvalue weighted by atomic mass is 10.1. The van der Waals surface area contributed by atoms with Crippen LogP contribution in [0, 0.1) is 6.92 Å². The molecule has 5 nitrogen and oxygen atoms in total. The molecule has 2 N–H and O–H groups in total. The van der Waals surface area contributed by atoms with Gasteiger partial charge in [-0.1, -0.05) is 12.1 Å². The third-order valence-electron chi connectivity index (χ3n) is 3.32. The molecule has 0 aliphatic rings. The van der Waals surface area contributed by atoms with Gasteiger partial charge in [0.2, 0.25) is 10.0 Å². The van der Waals surface area contributed by atoms with Crippen molar-refractivity contribution in [2.24, 2.45) is 0 Å². The minimum Gasteiger partial charge on any atom is -0.465 e. The summed E-state index contributed by atoms with van der Waals surface area (Å²) in [5.41, 5.74) is 0.912. The van der Waals surface area contributed by atoms with Gasteiger partial charge >= 0.3 is 0 Å². The summed E-state index contributed by atoms with van der Waals surface area (Å²) in [4.78, 5) is 0.269. The quantitative estimate of drug-likeness (QED) is 0.859. The molecule has 0 saturated heterocycles. The molecule has 0 radical (unpaired) electrons. The van der Waals surface area contributed by atoms with Gasteiger partial charge in [0.15, 0.2) is 0 Å². The van der Waals surface area contributed by atoms with E-state index in [9.17, 15) is 8.42 Å². The monoisotopic (exact) mass is 308 g/mol. The number of hydrogen-bond donors (Lipinski definition) is 2. The molecule has 2 rings (SSSR count). The Morgan fingerprint density at radius 2 is 2.00 bits per heavy atom. The lowest BCUT2D eigenvalue weighted by Crippen LogP contribution is -2.20. The van der Waals surface area contributed by atoms with Gasteiger partial charge in [-0.3, -0.25) is 0 Å². The lowest BCUT2D eigenvalue weighted by Gasteiger charge is -2.14. The van der Waals surface area contributed by atoms with Crippen LogP contribution in [0.3, 0.4) is 0 Å². The molecule has 0 saturated carbocycles. The Bertz CT molecular complexity index is 707. The van der Waals surface area contributed by atoms with Gasteiger partial charge in [-0.25, -0.2) is 13.1 Å². The van der Waals surface area contributed by atoms with Gasteiger partial charge in [-0.05, 0) is 50.7 Å². The van der Waals surface area contributed by atoms with Crippen molar-refractivity contribution in [3.63, 3.8) is 0 Å². The fourth-order valence-electron chi connectivity index (χ4n) is 2.02. The summed E-state index contributed by atoms with van der Waals surface area (Å²) in [6, 6.07) is 10.8. The van der Waals surface area contributed by atoms with Gasteiger partial charge < -0.3 is 9.73 Å². The number of benzene rings is 1. The van der Waals surface area contributed by atoms with Gasteiger partial charge in [0, 0.05) is 6.04 Å². The summed E-state index contributed by atoms with van der Waals surface area (Å²) in [5.74, 6) is 1.74. The summed E-state index contributed by atoms with van der Waals surface area (Å²) in [6.07, 6.45) is 0. The third kappa shape index (κ3) is 3.93. The van der Waals surface area contributed by atoms with E-state index in [0.717, 1.165) is 17.1 Å². The number of hydrogen-bond acceptors (Lipinski definition) is 4. The molecule has 0 aliphatic carbocycles. The molecule has 2 aromatic rings. The van der Waals surface area contributed by atoms with Crippen LogP contribution in [0.25, 0.3) is 0 Å². The summed E-state index contributed by atoms with van der Waals surface area (Å²) in [6.45, 7) is 4.48. The fourth-order valence-corrected chi connectivity index (χ4v) is 2.81. The Morgan fingerprint density at radius 1 is 1.24 bits per heavy atom. The zero-order valence-electron chi connectivity index (χ0n) is 12.4. The van der Waals surface area contributed by atoms with E-state index < -0.39 is 10.0 Å². The molecule has 0 bridgehead atoms. The molecule has 0 spiro atoms. The molecule has 1 heterocycles. The van der Waals surface area contributed by atoms with E-state index in [4.69, 9.17) is 4.42 Å². The Hall–Kier alpha value is -1.63. The van der Waals surface area contributed by atoms with Crippen LogP contribution < -0.4 is 10.0 Å². The second kappa shape index (κ2) is 6.43. The maximum Gasteiger partial charge on any atom is 0.240 e. The first kappa shape index (κ1) is 15.8. The first-order valence-corrected chi connectivity index (χ1v) is 8.23. The van der Waals surface area contributed by atoms with Crippen LogP contribution in [0.1, 0.15) is 30.0 Å². The molecule has 1 aromatic carbocycles. The number of furan rings is 1. The van der Waals surface area contributed by atoms with E-state index in [1.165, 1.54) is 7.05 Å². The highest BCUT2D eigenvalue weighted by Gasteiger charge is 2.13. The molecule has 1 aromatic heterocycles. The zero-order chi connectivity index (χ0) is 15.5. The largest absolute Gasteiger partial charge is 0.465 e. The van der Waals surface area contributed by atoms with Crippen LogP contribution in [-0.2, 0) is 16.6 Å². The van der Waals surface area contributed by atoms with Crippen molar-refractivity contribution < 1.29 is 12.8 Å². The maximum atomic E-state index is 11.8. The average Bonchev–Trinajstić information content (AvgIpc) is 2.90. The van der Waals surface area contributed by atoms with Gasteiger partial charge in [-0.2, -0.15) is 0 Å². The Kier molecular flexibility index (Phi) is 4.82. The summed E-state index contributed by atoms with van der Waals surface area (Å²) in [5, 5.41) is 3.32. The van der Waals surface area contributed by atoms with Gasteiger partial charge in [-0.15, -0.1) is 0 Å². The number of aryl methyl sites for hydroxylation is 1. The zero-order valence-corrected chi connectivity index (χ0v) is 13.2. The first-order chi connectivity index (χ1) is 9.92. The van der Waals surface area contributed by atoms with Crippen LogP contribution in [0.5, 0.6) is 0 Å². The maximum absolute atomic E-state index is 11.8. The van der Waals surface area contributed by atoms with Crippen molar-refractivity contribution in [3.8, 4) is 0 Å². The van der Waals surface area contributed by atoms with Crippen molar-refractivity contribution in [2.75, 3.05) is 7.05 Å². The van der Waals surface area contributed by atoms with E-state index in [-0.39, 0.29) is 10.9 Å². The minimum absolute atomic E-state index is 0.0161. The smallest absolute Gasteiger partial charge is 0.240 e. The van der Waals surface area contributed by atoms with Crippen molar-refractivity contribution in [1.29, 1.82) is 0 Å². The second-order valence-electron chi connectivity index (χ2n) is 4.89. The highest BCUT2D eigenvalue weighted by Crippen LogP contribution is 2.18. The van der Waals surface area contributed by atoms with Crippen LogP contribution in [0.2, 0.25) is 0 Å². The molecule has 6 heteroatoms. The van der Waals surface area contributed by atoms with Gasteiger partial charge in [0.05, 0.1) is 11.4 Å². The second-order valence-corrected chi connectivity index (χ2v) is 6.78. The van der Waals surface area contributed by atoms with E-state index in [2.05, 4.69) is 10.0 Å². The van der Waals surface area contributed by atoms with E-state index >= 15 is 0 Å². The SMILES string of the molecule is CNS(=O)(=O)c1cccc([C@@H](C)NCc2ccc(C)o2)c1.